The predicted molar refractivity (Wildman–Crippen MR) is 127 cm³/mol. The highest BCUT2D eigenvalue weighted by Crippen LogP contribution is 2.38. The fraction of sp³-hybridized carbons (Fsp3) is 0.462. The second kappa shape index (κ2) is 8.58. The average Bonchev–Trinajstić information content (AvgIpc) is 3.17. The number of piperidine rings is 1. The molecular weight excluding hydrogens is 400 g/mol. The lowest BCUT2D eigenvalue weighted by molar-refractivity contribution is 0.175. The highest BCUT2D eigenvalue weighted by molar-refractivity contribution is 5.95. The van der Waals surface area contributed by atoms with Crippen LogP contribution in [0.4, 0.5) is 10.5 Å². The standard InChI is InChI=1S/C26H32N4O2/c1-17-15-20(13-14-27-17)30-23-12-11-22-21(10-9-18(2)29(22)26(31)32-3)25(23)28-24(30)16-19-7-5-4-6-8-19/h4-8,11-12,17-18,20,27H,9-10,13-16H2,1-3H3/t17-,18+,20+/m1/s1. The summed E-state index contributed by atoms with van der Waals surface area (Å²) in [5.41, 5.74) is 5.61. The summed E-state index contributed by atoms with van der Waals surface area (Å²) in [5, 5.41) is 3.58. The van der Waals surface area contributed by atoms with Gasteiger partial charge in [0.05, 0.1) is 23.8 Å². The van der Waals surface area contributed by atoms with Gasteiger partial charge in [-0.3, -0.25) is 4.90 Å². The lowest BCUT2D eigenvalue weighted by atomic mass is 9.95. The number of hydrogen-bond acceptors (Lipinski definition) is 4. The zero-order valence-electron chi connectivity index (χ0n) is 19.2. The van der Waals surface area contributed by atoms with Crippen LogP contribution in [0, 0.1) is 0 Å². The van der Waals surface area contributed by atoms with E-state index in [-0.39, 0.29) is 12.1 Å². The van der Waals surface area contributed by atoms with Crippen LogP contribution in [0.15, 0.2) is 42.5 Å². The highest BCUT2D eigenvalue weighted by atomic mass is 16.5. The normalized spacial score (nSPS) is 23.2. The molecule has 168 valence electrons. The number of carbonyl (C=O) groups is 1. The first-order chi connectivity index (χ1) is 15.6. The third-order valence-corrected chi connectivity index (χ3v) is 7.07. The van der Waals surface area contributed by atoms with Crippen molar-refractivity contribution in [1.82, 2.24) is 14.9 Å². The number of fused-ring (bicyclic) bond motifs is 3. The highest BCUT2D eigenvalue weighted by Gasteiger charge is 2.32. The van der Waals surface area contributed by atoms with Gasteiger partial charge in [-0.05, 0) is 63.8 Å². The molecule has 0 bridgehead atoms. The molecule has 0 spiro atoms. The van der Waals surface area contributed by atoms with E-state index >= 15 is 0 Å². The van der Waals surface area contributed by atoms with Crippen molar-refractivity contribution in [2.75, 3.05) is 18.6 Å². The van der Waals surface area contributed by atoms with Crippen LogP contribution >= 0.6 is 0 Å². The molecule has 32 heavy (non-hydrogen) atoms. The number of hydrogen-bond donors (Lipinski definition) is 1. The Morgan fingerprint density at radius 1 is 1.16 bits per heavy atom. The van der Waals surface area contributed by atoms with Crippen LogP contribution in [0.1, 0.15) is 56.1 Å². The van der Waals surface area contributed by atoms with Gasteiger partial charge < -0.3 is 14.6 Å². The van der Waals surface area contributed by atoms with Gasteiger partial charge in [0.2, 0.25) is 0 Å². The third-order valence-electron chi connectivity index (χ3n) is 7.07. The van der Waals surface area contributed by atoms with Crippen LogP contribution < -0.4 is 10.2 Å². The largest absolute Gasteiger partial charge is 0.452 e. The van der Waals surface area contributed by atoms with E-state index in [1.807, 2.05) is 0 Å². The Balaban J connectivity index is 1.66. The molecule has 3 atom stereocenters. The Hall–Kier alpha value is -2.86. The Kier molecular flexibility index (Phi) is 5.64. The fourth-order valence-electron chi connectivity index (χ4n) is 5.47. The number of rotatable bonds is 3. The Morgan fingerprint density at radius 2 is 1.97 bits per heavy atom. The van der Waals surface area contributed by atoms with Crippen molar-refractivity contribution in [3.05, 3.63) is 59.4 Å². The summed E-state index contributed by atoms with van der Waals surface area (Å²) in [6, 6.07) is 15.9. The van der Waals surface area contributed by atoms with Crippen LogP contribution in [0.3, 0.4) is 0 Å². The molecule has 2 aliphatic heterocycles. The van der Waals surface area contributed by atoms with E-state index < -0.39 is 0 Å². The molecule has 0 unspecified atom stereocenters. The summed E-state index contributed by atoms with van der Waals surface area (Å²) in [5.74, 6) is 1.11. The van der Waals surface area contributed by atoms with Crippen molar-refractivity contribution in [1.29, 1.82) is 0 Å². The van der Waals surface area contributed by atoms with Gasteiger partial charge in [0, 0.05) is 30.1 Å². The topological polar surface area (TPSA) is 59.4 Å². The predicted octanol–water partition coefficient (Wildman–Crippen LogP) is 4.85. The van der Waals surface area contributed by atoms with E-state index in [1.165, 1.54) is 23.8 Å². The monoisotopic (exact) mass is 432 g/mol. The number of nitrogens with zero attached hydrogens (tertiary/aromatic N) is 3. The van der Waals surface area contributed by atoms with Crippen molar-refractivity contribution >= 4 is 22.8 Å². The second-order valence-corrected chi connectivity index (χ2v) is 9.25. The summed E-state index contributed by atoms with van der Waals surface area (Å²) < 4.78 is 7.58. The van der Waals surface area contributed by atoms with Crippen molar-refractivity contribution < 1.29 is 9.53 Å². The summed E-state index contributed by atoms with van der Waals surface area (Å²) in [7, 11) is 1.45. The SMILES string of the molecule is COC(=O)N1c2ccc3c(nc(Cc4ccccc4)n3[C@H]3CCN[C@H](C)C3)c2CC[C@@H]1C. The quantitative estimate of drug-likeness (QED) is 0.643. The van der Waals surface area contributed by atoms with E-state index in [9.17, 15) is 4.79 Å². The number of ether oxygens (including phenoxy) is 1. The zero-order valence-corrected chi connectivity index (χ0v) is 19.2. The summed E-state index contributed by atoms with van der Waals surface area (Å²) in [6.07, 6.45) is 4.53. The zero-order chi connectivity index (χ0) is 22.2. The number of amides is 1. The molecule has 3 aromatic rings. The molecule has 2 aliphatic rings. The van der Waals surface area contributed by atoms with E-state index in [2.05, 4.69) is 66.2 Å². The van der Waals surface area contributed by atoms with Gasteiger partial charge in [-0.1, -0.05) is 30.3 Å². The second-order valence-electron chi connectivity index (χ2n) is 9.25. The molecule has 6 nitrogen and oxygen atoms in total. The van der Waals surface area contributed by atoms with E-state index in [0.717, 1.165) is 55.7 Å². The van der Waals surface area contributed by atoms with Crippen molar-refractivity contribution in [3.8, 4) is 0 Å². The summed E-state index contributed by atoms with van der Waals surface area (Å²) >= 11 is 0. The molecule has 5 rings (SSSR count). The average molecular weight is 433 g/mol. The maximum absolute atomic E-state index is 12.5. The molecule has 0 radical (unpaired) electrons. The molecule has 0 aliphatic carbocycles. The number of carbonyl (C=O) groups excluding carboxylic acids is 1. The number of methoxy groups -OCH3 is 1. The van der Waals surface area contributed by atoms with Crippen molar-refractivity contribution in [2.45, 2.75) is 64.1 Å². The van der Waals surface area contributed by atoms with Crippen LogP contribution in [0.25, 0.3) is 11.0 Å². The van der Waals surface area contributed by atoms with Gasteiger partial charge in [-0.2, -0.15) is 0 Å². The fourth-order valence-corrected chi connectivity index (χ4v) is 5.47. The van der Waals surface area contributed by atoms with Gasteiger partial charge in [-0.25, -0.2) is 9.78 Å². The molecule has 1 amide bonds. The Labute approximate surface area is 189 Å². The first kappa shape index (κ1) is 21.0. The number of imidazole rings is 1. The molecule has 1 saturated heterocycles. The summed E-state index contributed by atoms with van der Waals surface area (Å²) in [6.45, 7) is 5.37. The Morgan fingerprint density at radius 3 is 2.72 bits per heavy atom. The van der Waals surface area contributed by atoms with Crippen molar-refractivity contribution in [2.24, 2.45) is 0 Å². The van der Waals surface area contributed by atoms with Crippen LogP contribution in [-0.2, 0) is 17.6 Å². The number of aryl methyl sites for hydroxylation is 1. The molecule has 6 heteroatoms. The molecule has 2 aromatic carbocycles. The molecular formula is C26H32N4O2. The molecule has 1 N–H and O–H groups in total. The van der Waals surface area contributed by atoms with Gasteiger partial charge in [0.25, 0.3) is 0 Å². The third kappa shape index (κ3) is 3.66. The smallest absolute Gasteiger partial charge is 0.414 e. The minimum absolute atomic E-state index is 0.114. The lowest BCUT2D eigenvalue weighted by Crippen LogP contribution is -2.42. The van der Waals surface area contributed by atoms with Crippen LogP contribution in [-0.4, -0.2) is 41.4 Å². The number of anilines is 1. The summed E-state index contributed by atoms with van der Waals surface area (Å²) in [4.78, 5) is 19.6. The van der Waals surface area contributed by atoms with E-state index in [0.29, 0.717) is 12.1 Å². The van der Waals surface area contributed by atoms with Gasteiger partial charge in [0.1, 0.15) is 5.82 Å². The van der Waals surface area contributed by atoms with Crippen LogP contribution in [0.2, 0.25) is 0 Å². The molecule has 3 heterocycles. The van der Waals surface area contributed by atoms with E-state index in [4.69, 9.17) is 9.72 Å². The lowest BCUT2D eigenvalue weighted by Gasteiger charge is -2.34. The maximum atomic E-state index is 12.5. The number of nitrogens with one attached hydrogen (secondary N) is 1. The minimum Gasteiger partial charge on any atom is -0.452 e. The Bertz CT molecular complexity index is 1120. The number of benzene rings is 2. The van der Waals surface area contributed by atoms with Crippen LogP contribution in [0.5, 0.6) is 0 Å². The first-order valence-electron chi connectivity index (χ1n) is 11.7. The van der Waals surface area contributed by atoms with Gasteiger partial charge in [0.15, 0.2) is 0 Å². The first-order valence-corrected chi connectivity index (χ1v) is 11.7. The molecule has 1 aromatic heterocycles. The van der Waals surface area contributed by atoms with Gasteiger partial charge in [-0.15, -0.1) is 0 Å². The van der Waals surface area contributed by atoms with Crippen molar-refractivity contribution in [3.63, 3.8) is 0 Å². The molecule has 0 saturated carbocycles. The van der Waals surface area contributed by atoms with E-state index in [1.54, 1.807) is 4.90 Å². The minimum atomic E-state index is -0.297. The number of aromatic nitrogens is 2. The maximum Gasteiger partial charge on any atom is 0.414 e. The molecule has 1 fully saturated rings. The van der Waals surface area contributed by atoms with Gasteiger partial charge >= 0.3 is 6.09 Å².